The van der Waals surface area contributed by atoms with Crippen molar-refractivity contribution >= 4 is 17.0 Å². The third kappa shape index (κ3) is 4.61. The van der Waals surface area contributed by atoms with Gasteiger partial charge in [-0.1, -0.05) is 13.0 Å². The molecule has 1 aromatic heterocycles. The molecule has 1 N–H and O–H groups in total. The van der Waals surface area contributed by atoms with E-state index >= 15 is 0 Å². The molecule has 0 saturated carbocycles. The lowest BCUT2D eigenvalue weighted by Crippen LogP contribution is -2.47. The van der Waals surface area contributed by atoms with Gasteiger partial charge in [0, 0.05) is 13.1 Å². The van der Waals surface area contributed by atoms with Gasteiger partial charge >= 0.3 is 6.09 Å². The lowest BCUT2D eigenvalue weighted by atomic mass is 10.1. The van der Waals surface area contributed by atoms with E-state index in [0.717, 1.165) is 0 Å². The molecule has 0 aliphatic heterocycles. The lowest BCUT2D eigenvalue weighted by molar-refractivity contribution is 0.0498. The topological polar surface area (TPSA) is 76.5 Å². The van der Waals surface area contributed by atoms with Crippen LogP contribution in [0.1, 0.15) is 59.8 Å². The molecule has 1 heterocycles. The Bertz CT molecular complexity index is 901. The van der Waals surface area contributed by atoms with Gasteiger partial charge in [0.15, 0.2) is 5.82 Å². The molecule has 0 saturated heterocycles. The van der Waals surface area contributed by atoms with E-state index in [4.69, 9.17) is 4.74 Å². The number of halogens is 1. The monoisotopic (exact) mass is 392 g/mol. The zero-order chi connectivity index (χ0) is 21.1. The first-order valence-corrected chi connectivity index (χ1v) is 9.58. The second-order valence-electron chi connectivity index (χ2n) is 7.47. The fourth-order valence-electron chi connectivity index (χ4n) is 3.00. The SMILES string of the molecule is CC[C@H](NC(=O)OC(C)(C)C)c1nc2cccc(F)c2c(=O)n1N(CC)CC. The van der Waals surface area contributed by atoms with Crippen molar-refractivity contribution in [1.82, 2.24) is 15.0 Å². The van der Waals surface area contributed by atoms with E-state index in [-0.39, 0.29) is 10.9 Å². The van der Waals surface area contributed by atoms with Crippen molar-refractivity contribution in [2.24, 2.45) is 0 Å². The van der Waals surface area contributed by atoms with E-state index in [1.165, 1.54) is 16.8 Å². The summed E-state index contributed by atoms with van der Waals surface area (Å²) in [6.07, 6.45) is -0.118. The third-order valence-corrected chi connectivity index (χ3v) is 4.27. The molecule has 0 fully saturated rings. The molecule has 1 amide bonds. The molecule has 0 bridgehead atoms. The highest BCUT2D eigenvalue weighted by molar-refractivity contribution is 5.78. The summed E-state index contributed by atoms with van der Waals surface area (Å²) >= 11 is 0. The molecule has 1 aromatic carbocycles. The number of carbonyl (C=O) groups excluding carboxylic acids is 1. The van der Waals surface area contributed by atoms with Crippen LogP contribution >= 0.6 is 0 Å². The summed E-state index contributed by atoms with van der Waals surface area (Å²) in [4.78, 5) is 30.0. The Balaban J connectivity index is 2.64. The van der Waals surface area contributed by atoms with Gasteiger partial charge in [-0.05, 0) is 53.2 Å². The molecule has 0 aliphatic rings. The molecule has 154 valence electrons. The van der Waals surface area contributed by atoms with Crippen molar-refractivity contribution in [3.05, 3.63) is 40.2 Å². The number of rotatable bonds is 6. The average Bonchev–Trinajstić information content (AvgIpc) is 2.60. The Kier molecular flexibility index (Phi) is 6.64. The van der Waals surface area contributed by atoms with Crippen LogP contribution in [0.4, 0.5) is 9.18 Å². The fourth-order valence-corrected chi connectivity index (χ4v) is 3.00. The van der Waals surface area contributed by atoms with Crippen molar-refractivity contribution in [3.8, 4) is 0 Å². The number of aromatic nitrogens is 2. The van der Waals surface area contributed by atoms with E-state index in [1.54, 1.807) is 31.8 Å². The highest BCUT2D eigenvalue weighted by Crippen LogP contribution is 2.20. The molecule has 8 heteroatoms. The van der Waals surface area contributed by atoms with Crippen molar-refractivity contribution in [3.63, 3.8) is 0 Å². The van der Waals surface area contributed by atoms with Gasteiger partial charge in [0.25, 0.3) is 5.56 Å². The summed E-state index contributed by atoms with van der Waals surface area (Å²) in [6, 6.07) is 3.78. The summed E-state index contributed by atoms with van der Waals surface area (Å²) in [5.74, 6) is -0.268. The summed E-state index contributed by atoms with van der Waals surface area (Å²) < 4.78 is 21.1. The highest BCUT2D eigenvalue weighted by atomic mass is 19.1. The molecule has 0 spiro atoms. The van der Waals surface area contributed by atoms with E-state index in [9.17, 15) is 14.0 Å². The quantitative estimate of drug-likeness (QED) is 0.814. The Hall–Kier alpha value is -2.64. The third-order valence-electron chi connectivity index (χ3n) is 4.27. The Labute approximate surface area is 164 Å². The Morgan fingerprint density at radius 1 is 1.29 bits per heavy atom. The number of hydrogen-bond donors (Lipinski definition) is 1. The average molecular weight is 392 g/mol. The van der Waals surface area contributed by atoms with Gasteiger partial charge in [0.2, 0.25) is 0 Å². The lowest BCUT2D eigenvalue weighted by Gasteiger charge is -2.30. The van der Waals surface area contributed by atoms with Crippen LogP contribution in [0.25, 0.3) is 10.9 Å². The van der Waals surface area contributed by atoms with Crippen molar-refractivity contribution in [1.29, 1.82) is 0 Å². The molecule has 0 aliphatic carbocycles. The fraction of sp³-hybridized carbons (Fsp3) is 0.550. The van der Waals surface area contributed by atoms with Crippen molar-refractivity contribution < 1.29 is 13.9 Å². The molecule has 1 atom stereocenters. The first-order chi connectivity index (χ1) is 13.1. The minimum Gasteiger partial charge on any atom is -0.444 e. The number of ether oxygens (including phenoxy) is 1. The van der Waals surface area contributed by atoms with Crippen LogP contribution in [0.3, 0.4) is 0 Å². The van der Waals surface area contributed by atoms with E-state index < -0.39 is 29.1 Å². The van der Waals surface area contributed by atoms with Crippen LogP contribution in [0, 0.1) is 5.82 Å². The molecular formula is C20H29FN4O3. The number of fused-ring (bicyclic) bond motifs is 1. The summed E-state index contributed by atoms with van der Waals surface area (Å²) in [5.41, 5.74) is -0.889. The summed E-state index contributed by atoms with van der Waals surface area (Å²) in [6.45, 7) is 12.0. The van der Waals surface area contributed by atoms with Gasteiger partial charge in [-0.15, -0.1) is 0 Å². The minimum atomic E-state index is -0.652. The van der Waals surface area contributed by atoms with Gasteiger partial charge in [-0.25, -0.2) is 18.8 Å². The van der Waals surface area contributed by atoms with Crippen molar-refractivity contribution in [2.75, 3.05) is 18.1 Å². The maximum Gasteiger partial charge on any atom is 0.408 e. The molecule has 28 heavy (non-hydrogen) atoms. The number of benzene rings is 1. The number of hydrogen-bond acceptors (Lipinski definition) is 5. The molecule has 0 radical (unpaired) electrons. The van der Waals surface area contributed by atoms with Crippen LogP contribution in [-0.2, 0) is 4.74 Å². The van der Waals surface area contributed by atoms with Gasteiger partial charge in [-0.3, -0.25) is 4.79 Å². The van der Waals surface area contributed by atoms with E-state index in [0.29, 0.717) is 25.3 Å². The number of amides is 1. The van der Waals surface area contributed by atoms with Gasteiger partial charge < -0.3 is 15.1 Å². The normalized spacial score (nSPS) is 12.7. The molecule has 7 nitrogen and oxygen atoms in total. The first kappa shape index (κ1) is 21.7. The maximum atomic E-state index is 14.3. The van der Waals surface area contributed by atoms with Gasteiger partial charge in [0.05, 0.1) is 11.6 Å². The molecule has 2 rings (SSSR count). The van der Waals surface area contributed by atoms with Gasteiger partial charge in [-0.2, -0.15) is 0 Å². The summed E-state index contributed by atoms with van der Waals surface area (Å²) in [7, 11) is 0. The van der Waals surface area contributed by atoms with Crippen molar-refractivity contribution in [2.45, 2.75) is 59.6 Å². The van der Waals surface area contributed by atoms with Crippen LogP contribution in [0.2, 0.25) is 0 Å². The highest BCUT2D eigenvalue weighted by Gasteiger charge is 2.26. The predicted octanol–water partition coefficient (Wildman–Crippen LogP) is 3.49. The standard InChI is InChI=1S/C20H29FN4O3/c1-7-14(23-19(27)28-20(4,5)6)17-22-15-12-10-11-13(21)16(15)18(26)25(17)24(8-2)9-3/h10-12,14H,7-9H2,1-6H3,(H,23,27)/t14-/m0/s1. The number of alkyl carbamates (subject to hydrolysis) is 1. The summed E-state index contributed by atoms with van der Waals surface area (Å²) in [5, 5.41) is 4.48. The Morgan fingerprint density at radius 2 is 1.93 bits per heavy atom. The predicted molar refractivity (Wildman–Crippen MR) is 108 cm³/mol. The minimum absolute atomic E-state index is 0.0646. The van der Waals surface area contributed by atoms with Gasteiger partial charge in [0.1, 0.15) is 16.8 Å². The molecule has 0 unspecified atom stereocenters. The Morgan fingerprint density at radius 3 is 2.46 bits per heavy atom. The van der Waals surface area contributed by atoms with Crippen LogP contribution in [-0.4, -0.2) is 34.4 Å². The zero-order valence-electron chi connectivity index (χ0n) is 17.4. The molecular weight excluding hydrogens is 363 g/mol. The van der Waals surface area contributed by atoms with Crippen LogP contribution < -0.4 is 15.9 Å². The second kappa shape index (κ2) is 8.58. The number of nitrogens with zero attached hydrogens (tertiary/aromatic N) is 3. The molecule has 2 aromatic rings. The number of nitrogens with one attached hydrogen (secondary N) is 1. The van der Waals surface area contributed by atoms with Crippen LogP contribution in [0.5, 0.6) is 0 Å². The maximum absolute atomic E-state index is 14.3. The largest absolute Gasteiger partial charge is 0.444 e. The zero-order valence-corrected chi connectivity index (χ0v) is 17.4. The smallest absolute Gasteiger partial charge is 0.408 e. The first-order valence-electron chi connectivity index (χ1n) is 9.58. The second-order valence-corrected chi connectivity index (χ2v) is 7.47. The van der Waals surface area contributed by atoms with Crippen LogP contribution in [0.15, 0.2) is 23.0 Å². The van der Waals surface area contributed by atoms with E-state index in [2.05, 4.69) is 10.3 Å². The number of carbonyl (C=O) groups is 1. The van der Waals surface area contributed by atoms with E-state index in [1.807, 2.05) is 20.8 Å².